The predicted octanol–water partition coefficient (Wildman–Crippen LogP) is 4.24. The third-order valence-corrected chi connectivity index (χ3v) is 5.26. The van der Waals surface area contributed by atoms with Gasteiger partial charge in [-0.3, -0.25) is 34.6 Å². The molecule has 0 saturated carbocycles. The number of nitrogens with zero attached hydrogens (tertiary/aromatic N) is 5. The van der Waals surface area contributed by atoms with Gasteiger partial charge in [0.15, 0.2) is 0 Å². The van der Waals surface area contributed by atoms with Crippen molar-refractivity contribution in [3.05, 3.63) is 101 Å². The lowest BCUT2D eigenvalue weighted by atomic mass is 10.00. The van der Waals surface area contributed by atoms with Crippen LogP contribution < -0.4 is 10.2 Å². The topological polar surface area (TPSA) is 131 Å². The number of para-hydroxylation sites is 1. The summed E-state index contributed by atoms with van der Waals surface area (Å²) in [5, 5.41) is 15.2. The van der Waals surface area contributed by atoms with Crippen molar-refractivity contribution < 1.29 is 14.5 Å². The van der Waals surface area contributed by atoms with Gasteiger partial charge in [-0.15, -0.1) is 0 Å². The molecule has 10 nitrogen and oxygen atoms in total. The average molecular weight is 485 g/mol. The molecule has 0 aliphatic carbocycles. The minimum Gasteiger partial charge on any atom is -0.349 e. The van der Waals surface area contributed by atoms with E-state index in [0.29, 0.717) is 11.2 Å². The highest BCUT2D eigenvalue weighted by Crippen LogP contribution is 2.32. The van der Waals surface area contributed by atoms with Crippen LogP contribution in [0.4, 0.5) is 11.4 Å². The monoisotopic (exact) mass is 484 g/mol. The summed E-state index contributed by atoms with van der Waals surface area (Å²) >= 11 is 0. The van der Waals surface area contributed by atoms with E-state index < -0.39 is 28.3 Å². The molecule has 182 valence electrons. The summed E-state index contributed by atoms with van der Waals surface area (Å²) in [4.78, 5) is 52.4. The molecule has 0 spiro atoms. The van der Waals surface area contributed by atoms with Gasteiger partial charge in [-0.2, -0.15) is 0 Å². The third kappa shape index (κ3) is 5.33. The van der Waals surface area contributed by atoms with Crippen molar-refractivity contribution in [3.8, 4) is 0 Å². The Bertz CT molecular complexity index is 1440. The zero-order chi connectivity index (χ0) is 25.9. The Morgan fingerprint density at radius 2 is 1.78 bits per heavy atom. The number of nitro groups is 1. The molecule has 2 aromatic carbocycles. The summed E-state index contributed by atoms with van der Waals surface area (Å²) in [6.07, 6.45) is 5.60. The fourth-order valence-corrected chi connectivity index (χ4v) is 3.77. The summed E-state index contributed by atoms with van der Waals surface area (Å²) < 4.78 is 0. The highest BCUT2D eigenvalue weighted by Gasteiger charge is 2.36. The summed E-state index contributed by atoms with van der Waals surface area (Å²) in [6, 6.07) is 13.5. The van der Waals surface area contributed by atoms with Crippen LogP contribution in [0.1, 0.15) is 42.9 Å². The minimum atomic E-state index is -1.26. The van der Waals surface area contributed by atoms with Crippen LogP contribution in [0.15, 0.2) is 79.4 Å². The van der Waals surface area contributed by atoms with Crippen LogP contribution in [-0.2, 0) is 4.79 Å². The molecular formula is C26H24N6O4. The number of amides is 2. The number of hydrogen-bond donors (Lipinski definition) is 1. The van der Waals surface area contributed by atoms with E-state index in [1.54, 1.807) is 12.1 Å². The lowest BCUT2D eigenvalue weighted by Gasteiger charge is -2.33. The van der Waals surface area contributed by atoms with E-state index in [0.717, 1.165) is 5.39 Å². The number of nitro benzene ring substituents is 1. The van der Waals surface area contributed by atoms with Crippen molar-refractivity contribution in [2.75, 3.05) is 4.90 Å². The second-order valence-corrected chi connectivity index (χ2v) is 9.15. The molecule has 2 amide bonds. The first-order valence-corrected chi connectivity index (χ1v) is 11.1. The summed E-state index contributed by atoms with van der Waals surface area (Å²) in [5.74, 6) is -1.13. The highest BCUT2D eigenvalue weighted by molar-refractivity contribution is 6.09. The fraction of sp³-hybridized carbons (Fsp3) is 0.192. The van der Waals surface area contributed by atoms with E-state index in [1.807, 2.05) is 45.0 Å². The van der Waals surface area contributed by atoms with Gasteiger partial charge in [0.05, 0.1) is 28.5 Å². The van der Waals surface area contributed by atoms with E-state index in [-0.39, 0.29) is 16.9 Å². The average Bonchev–Trinajstić information content (AvgIpc) is 2.86. The maximum absolute atomic E-state index is 13.9. The molecule has 1 N–H and O–H groups in total. The van der Waals surface area contributed by atoms with E-state index in [9.17, 15) is 19.7 Å². The zero-order valence-electron chi connectivity index (χ0n) is 20.0. The van der Waals surface area contributed by atoms with E-state index in [4.69, 9.17) is 0 Å². The Morgan fingerprint density at radius 1 is 1.00 bits per heavy atom. The normalized spacial score (nSPS) is 12.1. The van der Waals surface area contributed by atoms with Crippen molar-refractivity contribution in [3.63, 3.8) is 0 Å². The Kier molecular flexibility index (Phi) is 6.69. The molecule has 0 aliphatic rings. The lowest BCUT2D eigenvalue weighted by molar-refractivity contribution is -0.384. The Balaban J connectivity index is 1.95. The van der Waals surface area contributed by atoms with Crippen molar-refractivity contribution in [2.24, 2.45) is 0 Å². The van der Waals surface area contributed by atoms with Crippen molar-refractivity contribution in [1.29, 1.82) is 0 Å². The van der Waals surface area contributed by atoms with Crippen molar-refractivity contribution in [1.82, 2.24) is 20.3 Å². The van der Waals surface area contributed by atoms with Crippen LogP contribution in [0.5, 0.6) is 0 Å². The first kappa shape index (κ1) is 24.4. The number of fused-ring (bicyclic) bond motifs is 1. The number of hydrogen-bond acceptors (Lipinski definition) is 7. The molecule has 1 atom stereocenters. The van der Waals surface area contributed by atoms with E-state index >= 15 is 0 Å². The molecule has 10 heteroatoms. The quantitative estimate of drug-likeness (QED) is 0.320. The number of nitrogens with one attached hydrogen (secondary N) is 1. The van der Waals surface area contributed by atoms with Gasteiger partial charge in [-0.1, -0.05) is 30.3 Å². The molecule has 0 aliphatic heterocycles. The molecule has 0 saturated heterocycles. The Morgan fingerprint density at radius 3 is 2.47 bits per heavy atom. The predicted molar refractivity (Wildman–Crippen MR) is 134 cm³/mol. The minimum absolute atomic E-state index is 0.00430. The number of aromatic nitrogens is 3. The smallest absolute Gasteiger partial charge is 0.279 e. The fourth-order valence-electron chi connectivity index (χ4n) is 3.77. The summed E-state index contributed by atoms with van der Waals surface area (Å²) in [6.45, 7) is 5.42. The SMILES string of the molecule is CC(C)(C)NC(=O)C(c1cccc([N+](=O)[O-])c1)N(C(=O)c1cnccn1)c1cnc2ccccc2c1. The second kappa shape index (κ2) is 9.87. The van der Waals surface area contributed by atoms with Gasteiger partial charge in [-0.25, -0.2) is 4.98 Å². The van der Waals surface area contributed by atoms with Gasteiger partial charge >= 0.3 is 0 Å². The van der Waals surface area contributed by atoms with Gasteiger partial charge in [0.1, 0.15) is 11.7 Å². The first-order chi connectivity index (χ1) is 17.1. The van der Waals surface area contributed by atoms with Crippen LogP contribution in [0.25, 0.3) is 10.9 Å². The zero-order valence-corrected chi connectivity index (χ0v) is 20.0. The molecule has 2 aromatic heterocycles. The van der Waals surface area contributed by atoms with Gasteiger partial charge in [0.25, 0.3) is 11.6 Å². The lowest BCUT2D eigenvalue weighted by Crippen LogP contribution is -2.49. The number of carbonyl (C=O) groups excluding carboxylic acids is 2. The first-order valence-electron chi connectivity index (χ1n) is 11.1. The number of rotatable bonds is 6. The third-order valence-electron chi connectivity index (χ3n) is 5.26. The number of anilines is 1. The number of benzene rings is 2. The maximum atomic E-state index is 13.9. The number of carbonyl (C=O) groups is 2. The largest absolute Gasteiger partial charge is 0.349 e. The van der Waals surface area contributed by atoms with Gasteiger partial charge < -0.3 is 5.32 Å². The Labute approximate surface area is 207 Å². The number of pyridine rings is 1. The van der Waals surface area contributed by atoms with Gasteiger partial charge in [0, 0.05) is 35.5 Å². The number of non-ortho nitro benzene ring substituents is 1. The maximum Gasteiger partial charge on any atom is 0.279 e. The van der Waals surface area contributed by atoms with Crippen LogP contribution in [0.2, 0.25) is 0 Å². The van der Waals surface area contributed by atoms with Crippen LogP contribution in [0, 0.1) is 10.1 Å². The van der Waals surface area contributed by atoms with Crippen LogP contribution in [0.3, 0.4) is 0 Å². The molecular weight excluding hydrogens is 460 g/mol. The molecule has 0 radical (unpaired) electrons. The Hall–Kier alpha value is -4.73. The molecule has 36 heavy (non-hydrogen) atoms. The van der Waals surface area contributed by atoms with Gasteiger partial charge in [0.2, 0.25) is 5.91 Å². The van der Waals surface area contributed by atoms with Crippen LogP contribution >= 0.6 is 0 Å². The standard InChI is InChI=1S/C26H24N6O4/c1-26(2,3)30-24(33)23(18-8-6-9-19(14-18)32(35)36)31(25(34)22-16-27-11-12-28-22)20-13-17-7-4-5-10-21(17)29-15-20/h4-16,23H,1-3H3,(H,30,33). The highest BCUT2D eigenvalue weighted by atomic mass is 16.6. The molecule has 1 unspecified atom stereocenters. The summed E-state index contributed by atoms with van der Waals surface area (Å²) in [7, 11) is 0. The molecule has 0 bridgehead atoms. The van der Waals surface area contributed by atoms with Gasteiger partial charge in [-0.05, 0) is 38.5 Å². The van der Waals surface area contributed by atoms with Crippen molar-refractivity contribution in [2.45, 2.75) is 32.4 Å². The second-order valence-electron chi connectivity index (χ2n) is 9.15. The molecule has 4 rings (SSSR count). The van der Waals surface area contributed by atoms with Crippen molar-refractivity contribution >= 4 is 34.1 Å². The van der Waals surface area contributed by atoms with E-state index in [2.05, 4.69) is 20.3 Å². The molecule has 0 fully saturated rings. The van der Waals surface area contributed by atoms with Crippen LogP contribution in [-0.4, -0.2) is 37.2 Å². The molecule has 4 aromatic rings. The summed E-state index contributed by atoms with van der Waals surface area (Å²) in [5.41, 5.74) is 0.452. The van der Waals surface area contributed by atoms with E-state index in [1.165, 1.54) is 47.9 Å². The molecule has 2 heterocycles.